The number of hydrogen-bond donors (Lipinski definition) is 0. The average molecular weight is 212 g/mol. The van der Waals surface area contributed by atoms with Crippen LogP contribution in [0, 0.1) is 15.9 Å². The summed E-state index contributed by atoms with van der Waals surface area (Å²) in [6.45, 7) is 2.62. The second kappa shape index (κ2) is 4.72. The Morgan fingerprint density at radius 2 is 2.20 bits per heavy atom. The van der Waals surface area contributed by atoms with Crippen molar-refractivity contribution in [3.8, 4) is 0 Å². The fraction of sp³-hybridized carbons (Fsp3) is 0.400. The van der Waals surface area contributed by atoms with Crippen molar-refractivity contribution in [1.82, 2.24) is 0 Å². The number of nitrogens with zero attached hydrogens (tertiary/aromatic N) is 2. The molecule has 0 fully saturated rings. The van der Waals surface area contributed by atoms with E-state index in [-0.39, 0.29) is 5.69 Å². The Hall–Kier alpha value is -1.65. The fourth-order valence-electron chi connectivity index (χ4n) is 1.41. The molecule has 0 aliphatic rings. The smallest absolute Gasteiger partial charge is 0.292 e. The molecule has 0 saturated heterocycles. The minimum atomic E-state index is -0.499. The lowest BCUT2D eigenvalue weighted by Gasteiger charge is -2.17. The van der Waals surface area contributed by atoms with E-state index in [1.807, 2.05) is 6.92 Å². The molecule has 0 spiro atoms. The first-order valence-corrected chi connectivity index (χ1v) is 4.71. The van der Waals surface area contributed by atoms with E-state index >= 15 is 0 Å². The van der Waals surface area contributed by atoms with Gasteiger partial charge in [-0.1, -0.05) is 6.92 Å². The van der Waals surface area contributed by atoms with Gasteiger partial charge in [0.1, 0.15) is 11.5 Å². The molecule has 82 valence electrons. The number of halogens is 1. The molecule has 15 heavy (non-hydrogen) atoms. The Balaban J connectivity index is 3.12. The second-order valence-corrected chi connectivity index (χ2v) is 3.31. The van der Waals surface area contributed by atoms with Gasteiger partial charge >= 0.3 is 0 Å². The predicted molar refractivity (Wildman–Crippen MR) is 56.6 cm³/mol. The molecule has 0 amide bonds. The molecule has 0 saturated carbocycles. The van der Waals surface area contributed by atoms with Crippen molar-refractivity contribution >= 4 is 11.4 Å². The molecule has 4 nitrogen and oxygen atoms in total. The van der Waals surface area contributed by atoms with Crippen LogP contribution in [0.3, 0.4) is 0 Å². The van der Waals surface area contributed by atoms with Crippen molar-refractivity contribution in [3.63, 3.8) is 0 Å². The number of anilines is 1. The topological polar surface area (TPSA) is 46.4 Å². The Morgan fingerprint density at radius 1 is 1.53 bits per heavy atom. The van der Waals surface area contributed by atoms with Crippen LogP contribution in [0.4, 0.5) is 15.8 Å². The van der Waals surface area contributed by atoms with E-state index in [2.05, 4.69) is 0 Å². The van der Waals surface area contributed by atoms with Crippen molar-refractivity contribution in [2.45, 2.75) is 13.3 Å². The van der Waals surface area contributed by atoms with E-state index in [0.717, 1.165) is 12.5 Å². The van der Waals surface area contributed by atoms with Crippen molar-refractivity contribution in [1.29, 1.82) is 0 Å². The van der Waals surface area contributed by atoms with E-state index in [9.17, 15) is 14.5 Å². The van der Waals surface area contributed by atoms with Crippen molar-refractivity contribution in [2.75, 3.05) is 18.5 Å². The molecule has 1 rings (SSSR count). The summed E-state index contributed by atoms with van der Waals surface area (Å²) in [5.74, 6) is -0.460. The zero-order valence-electron chi connectivity index (χ0n) is 8.74. The highest BCUT2D eigenvalue weighted by Gasteiger charge is 2.17. The predicted octanol–water partition coefficient (Wildman–Crippen LogP) is 2.58. The van der Waals surface area contributed by atoms with Gasteiger partial charge in [-0.15, -0.1) is 0 Å². The molecular weight excluding hydrogens is 199 g/mol. The molecule has 0 aromatic heterocycles. The molecule has 0 bridgehead atoms. The Kier molecular flexibility index (Phi) is 3.60. The highest BCUT2D eigenvalue weighted by molar-refractivity contribution is 5.62. The van der Waals surface area contributed by atoms with Crippen molar-refractivity contribution < 1.29 is 9.31 Å². The quantitative estimate of drug-likeness (QED) is 0.569. The van der Waals surface area contributed by atoms with Crippen LogP contribution < -0.4 is 4.90 Å². The van der Waals surface area contributed by atoms with Crippen LogP contribution in [-0.4, -0.2) is 18.5 Å². The summed E-state index contributed by atoms with van der Waals surface area (Å²) in [6.07, 6.45) is 0.851. The molecule has 1 aromatic rings. The first-order valence-electron chi connectivity index (χ1n) is 4.71. The third-order valence-corrected chi connectivity index (χ3v) is 2.10. The maximum Gasteiger partial charge on any atom is 0.292 e. The lowest BCUT2D eigenvalue weighted by molar-refractivity contribution is -0.384. The van der Waals surface area contributed by atoms with Crippen LogP contribution in [0.5, 0.6) is 0 Å². The third-order valence-electron chi connectivity index (χ3n) is 2.10. The van der Waals surface area contributed by atoms with Crippen LogP contribution in [-0.2, 0) is 0 Å². The Bertz CT molecular complexity index is 368. The van der Waals surface area contributed by atoms with E-state index in [4.69, 9.17) is 0 Å². The highest BCUT2D eigenvalue weighted by atomic mass is 19.1. The normalized spacial score (nSPS) is 10.1. The fourth-order valence-corrected chi connectivity index (χ4v) is 1.41. The van der Waals surface area contributed by atoms with E-state index in [1.54, 1.807) is 11.9 Å². The SMILES string of the molecule is CCCN(C)c1cc(F)ccc1[N+](=O)[O-]. The summed E-state index contributed by atoms with van der Waals surface area (Å²) < 4.78 is 13.0. The van der Waals surface area contributed by atoms with Crippen LogP contribution in [0.2, 0.25) is 0 Å². The Labute approximate surface area is 87.5 Å². The molecule has 0 aliphatic carbocycles. The van der Waals surface area contributed by atoms with Gasteiger partial charge in [-0.05, 0) is 12.5 Å². The van der Waals surface area contributed by atoms with E-state index in [1.165, 1.54) is 12.1 Å². The lowest BCUT2D eigenvalue weighted by Crippen LogP contribution is -2.19. The monoisotopic (exact) mass is 212 g/mol. The molecule has 0 radical (unpaired) electrons. The van der Waals surface area contributed by atoms with Crippen LogP contribution in [0.15, 0.2) is 18.2 Å². The summed E-state index contributed by atoms with van der Waals surface area (Å²) in [6, 6.07) is 3.48. The summed E-state index contributed by atoms with van der Waals surface area (Å²) in [5, 5.41) is 10.7. The first-order chi connectivity index (χ1) is 7.06. The summed E-state index contributed by atoms with van der Waals surface area (Å²) in [4.78, 5) is 11.9. The van der Waals surface area contributed by atoms with Gasteiger partial charge < -0.3 is 4.90 Å². The van der Waals surface area contributed by atoms with Crippen LogP contribution in [0.25, 0.3) is 0 Å². The zero-order valence-corrected chi connectivity index (χ0v) is 8.74. The summed E-state index contributed by atoms with van der Waals surface area (Å²) in [7, 11) is 1.71. The minimum Gasteiger partial charge on any atom is -0.369 e. The molecule has 0 N–H and O–H groups in total. The van der Waals surface area contributed by atoms with Crippen molar-refractivity contribution in [3.05, 3.63) is 34.1 Å². The van der Waals surface area contributed by atoms with Gasteiger partial charge in [0.25, 0.3) is 5.69 Å². The van der Waals surface area contributed by atoms with E-state index in [0.29, 0.717) is 12.2 Å². The van der Waals surface area contributed by atoms with Crippen LogP contribution in [0.1, 0.15) is 13.3 Å². The maximum absolute atomic E-state index is 13.0. The van der Waals surface area contributed by atoms with E-state index < -0.39 is 10.7 Å². The minimum absolute atomic E-state index is 0.0626. The molecule has 1 aromatic carbocycles. The molecule has 0 aliphatic heterocycles. The van der Waals surface area contributed by atoms with Crippen LogP contribution >= 0.6 is 0 Å². The average Bonchev–Trinajstić information content (AvgIpc) is 2.17. The number of benzene rings is 1. The summed E-state index contributed by atoms with van der Waals surface area (Å²) in [5.41, 5.74) is 0.259. The largest absolute Gasteiger partial charge is 0.369 e. The number of hydrogen-bond acceptors (Lipinski definition) is 3. The molecular formula is C10H13FN2O2. The van der Waals surface area contributed by atoms with Gasteiger partial charge in [0.15, 0.2) is 0 Å². The zero-order chi connectivity index (χ0) is 11.4. The molecule has 0 unspecified atom stereocenters. The first kappa shape index (κ1) is 11.4. The van der Waals surface area contributed by atoms with Gasteiger partial charge in [-0.3, -0.25) is 10.1 Å². The van der Waals surface area contributed by atoms with Gasteiger partial charge in [0.05, 0.1) is 4.92 Å². The second-order valence-electron chi connectivity index (χ2n) is 3.31. The van der Waals surface area contributed by atoms with Gasteiger partial charge in [0, 0.05) is 25.7 Å². The third kappa shape index (κ3) is 2.65. The van der Waals surface area contributed by atoms with Gasteiger partial charge in [-0.2, -0.15) is 0 Å². The maximum atomic E-state index is 13.0. The highest BCUT2D eigenvalue weighted by Crippen LogP contribution is 2.27. The van der Waals surface area contributed by atoms with Gasteiger partial charge in [-0.25, -0.2) is 4.39 Å². The molecule has 0 atom stereocenters. The summed E-state index contributed by atoms with van der Waals surface area (Å²) >= 11 is 0. The lowest BCUT2D eigenvalue weighted by atomic mass is 10.2. The Morgan fingerprint density at radius 3 is 2.73 bits per heavy atom. The molecule has 0 heterocycles. The van der Waals surface area contributed by atoms with Gasteiger partial charge in [0.2, 0.25) is 0 Å². The number of nitro groups is 1. The number of nitro benzene ring substituents is 1. The number of rotatable bonds is 4. The standard InChI is InChI=1S/C10H13FN2O2/c1-3-6-12(2)10-7-8(11)4-5-9(10)13(14)15/h4-5,7H,3,6H2,1-2H3. The molecule has 5 heteroatoms. The van der Waals surface area contributed by atoms with Crippen molar-refractivity contribution in [2.24, 2.45) is 0 Å².